The molecule has 7 nitrogen and oxygen atoms in total. The average molecular weight is 604 g/mol. The molecule has 1 aromatic carbocycles. The Labute approximate surface area is 242 Å². The Morgan fingerprint density at radius 3 is 2.56 bits per heavy atom. The monoisotopic (exact) mass is 603 g/mol. The van der Waals surface area contributed by atoms with Crippen LogP contribution in [0, 0.1) is 11.2 Å². The molecule has 2 aliphatic carbocycles. The van der Waals surface area contributed by atoms with Gasteiger partial charge in [0.05, 0.1) is 17.3 Å². The zero-order chi connectivity index (χ0) is 31.1. The lowest BCUT2D eigenvalue weighted by Crippen LogP contribution is -2.36. The minimum absolute atomic E-state index is 0.0658. The summed E-state index contributed by atoms with van der Waals surface area (Å²) < 4.78 is 84.1. The van der Waals surface area contributed by atoms with E-state index in [0.29, 0.717) is 29.7 Å². The van der Waals surface area contributed by atoms with Crippen LogP contribution in [0.1, 0.15) is 72.0 Å². The highest BCUT2D eigenvalue weighted by molar-refractivity contribution is 5.94. The average Bonchev–Trinajstić information content (AvgIpc) is 3.66. The zero-order valence-corrected chi connectivity index (χ0v) is 22.9. The maximum Gasteiger partial charge on any atom is 0.435 e. The van der Waals surface area contributed by atoms with E-state index in [1.165, 1.54) is 24.4 Å². The van der Waals surface area contributed by atoms with Crippen molar-refractivity contribution in [1.29, 1.82) is 0 Å². The van der Waals surface area contributed by atoms with Gasteiger partial charge in [-0.05, 0) is 60.6 Å². The summed E-state index contributed by atoms with van der Waals surface area (Å²) in [7, 11) is 0. The molecule has 5 rings (SSSR count). The maximum atomic E-state index is 14.4. The van der Waals surface area contributed by atoms with E-state index in [4.69, 9.17) is 5.73 Å². The van der Waals surface area contributed by atoms with Crippen molar-refractivity contribution < 1.29 is 35.9 Å². The van der Waals surface area contributed by atoms with Crippen molar-refractivity contribution in [3.05, 3.63) is 94.9 Å². The second-order valence-electron chi connectivity index (χ2n) is 11.2. The van der Waals surface area contributed by atoms with Gasteiger partial charge >= 0.3 is 6.18 Å². The van der Waals surface area contributed by atoms with Crippen molar-refractivity contribution in [2.45, 2.75) is 57.3 Å². The van der Waals surface area contributed by atoms with Gasteiger partial charge in [-0.3, -0.25) is 19.3 Å². The van der Waals surface area contributed by atoms with Crippen LogP contribution in [-0.2, 0) is 17.5 Å². The summed E-state index contributed by atoms with van der Waals surface area (Å²) >= 11 is 0. The predicted molar refractivity (Wildman–Crippen MR) is 144 cm³/mol. The molecule has 1 unspecified atom stereocenters. The summed E-state index contributed by atoms with van der Waals surface area (Å²) in [6, 6.07) is 6.76. The van der Waals surface area contributed by atoms with E-state index in [-0.39, 0.29) is 30.0 Å². The minimum Gasteiger partial charge on any atom is -0.366 e. The molecule has 226 valence electrons. The predicted octanol–water partition coefficient (Wildman–Crippen LogP) is 6.44. The van der Waals surface area contributed by atoms with Crippen LogP contribution in [0.5, 0.6) is 0 Å². The first-order valence-corrected chi connectivity index (χ1v) is 13.5. The Morgan fingerprint density at radius 2 is 1.91 bits per heavy atom. The van der Waals surface area contributed by atoms with Gasteiger partial charge in [-0.25, -0.2) is 13.2 Å². The number of aromatic nitrogens is 3. The summed E-state index contributed by atoms with van der Waals surface area (Å²) in [6.07, 6.45) is -0.184. The fraction of sp³-hybridized carbons (Fsp3) is 0.333. The Morgan fingerprint density at radius 1 is 1.16 bits per heavy atom. The second kappa shape index (κ2) is 11.3. The maximum absolute atomic E-state index is 14.4. The highest BCUT2D eigenvalue weighted by atomic mass is 19.4. The van der Waals surface area contributed by atoms with E-state index in [9.17, 15) is 35.9 Å². The van der Waals surface area contributed by atoms with Crippen LogP contribution in [0.2, 0.25) is 0 Å². The molecule has 0 radical (unpaired) electrons. The fourth-order valence-electron chi connectivity index (χ4n) is 5.43. The Hall–Kier alpha value is -4.42. The van der Waals surface area contributed by atoms with E-state index in [2.05, 4.69) is 15.4 Å². The summed E-state index contributed by atoms with van der Waals surface area (Å²) in [4.78, 5) is 29.6. The van der Waals surface area contributed by atoms with Crippen LogP contribution in [0.15, 0.2) is 66.4 Å². The first-order chi connectivity index (χ1) is 20.2. The standard InChI is InChI=1S/C30H27F6N5O2/c1-29(12-18(31)10-19(32)13-29)14-23(27-20(3-2-8-38-27)17-6-7-22(33)21(9-17)28(37)43)39-26(42)15-41-24(16-4-5-16)11-25(40-41)30(34,35)36/h2-3,6-12,16,23H,4-5,13-15H2,1H3,(H2,37,43)(H,39,42)/t23-,29?/m0/s1. The van der Waals surface area contributed by atoms with Gasteiger partial charge in [0.15, 0.2) is 5.69 Å². The van der Waals surface area contributed by atoms with Crippen LogP contribution in [-0.4, -0.2) is 26.6 Å². The molecule has 1 saturated carbocycles. The third-order valence-corrected chi connectivity index (χ3v) is 7.46. The quantitative estimate of drug-likeness (QED) is 0.275. The third-order valence-electron chi connectivity index (χ3n) is 7.46. The first-order valence-electron chi connectivity index (χ1n) is 13.5. The first kappa shape index (κ1) is 30.1. The number of nitrogens with zero attached hydrogens (tertiary/aromatic N) is 3. The van der Waals surface area contributed by atoms with Gasteiger partial charge in [0.25, 0.3) is 5.91 Å². The summed E-state index contributed by atoms with van der Waals surface area (Å²) in [6.45, 7) is 1.05. The molecule has 2 aromatic heterocycles. The van der Waals surface area contributed by atoms with E-state index in [1.54, 1.807) is 19.1 Å². The van der Waals surface area contributed by atoms with Gasteiger partial charge in [-0.15, -0.1) is 0 Å². The van der Waals surface area contributed by atoms with Crippen molar-refractivity contribution in [1.82, 2.24) is 20.1 Å². The molecule has 3 N–H and O–H groups in total. The number of rotatable bonds is 9. The van der Waals surface area contributed by atoms with E-state index >= 15 is 0 Å². The van der Waals surface area contributed by atoms with E-state index < -0.39 is 59.2 Å². The van der Waals surface area contributed by atoms with Crippen LogP contribution in [0.25, 0.3) is 11.1 Å². The molecule has 2 atom stereocenters. The largest absolute Gasteiger partial charge is 0.435 e. The van der Waals surface area contributed by atoms with Gasteiger partial charge in [-0.1, -0.05) is 19.1 Å². The molecule has 2 aliphatic rings. The van der Waals surface area contributed by atoms with Crippen LogP contribution in [0.4, 0.5) is 26.3 Å². The highest BCUT2D eigenvalue weighted by Gasteiger charge is 2.39. The number of allylic oxidation sites excluding steroid dienone is 4. The van der Waals surface area contributed by atoms with Crippen molar-refractivity contribution in [3.8, 4) is 11.1 Å². The molecule has 13 heteroatoms. The number of hydrogen-bond donors (Lipinski definition) is 2. The van der Waals surface area contributed by atoms with Gasteiger partial charge in [0.1, 0.15) is 24.0 Å². The normalized spacial score (nSPS) is 19.4. The van der Waals surface area contributed by atoms with Gasteiger partial charge in [-0.2, -0.15) is 18.3 Å². The lowest BCUT2D eigenvalue weighted by molar-refractivity contribution is -0.141. The summed E-state index contributed by atoms with van der Waals surface area (Å²) in [5, 5.41) is 6.41. The van der Waals surface area contributed by atoms with Crippen molar-refractivity contribution >= 4 is 11.8 Å². The number of halogens is 6. The third kappa shape index (κ3) is 6.81. The lowest BCUT2D eigenvalue weighted by Gasteiger charge is -2.33. The highest BCUT2D eigenvalue weighted by Crippen LogP contribution is 2.44. The number of carbonyl (C=O) groups is 2. The number of nitrogens with two attached hydrogens (primary N) is 1. The molecule has 3 aromatic rings. The van der Waals surface area contributed by atoms with Gasteiger partial charge in [0.2, 0.25) is 5.91 Å². The number of benzene rings is 1. The topological polar surface area (TPSA) is 103 Å². The van der Waals surface area contributed by atoms with Gasteiger partial charge < -0.3 is 11.1 Å². The van der Waals surface area contributed by atoms with Crippen LogP contribution >= 0.6 is 0 Å². The van der Waals surface area contributed by atoms with Crippen molar-refractivity contribution in [2.75, 3.05) is 0 Å². The number of carbonyl (C=O) groups excluding carboxylic acids is 2. The van der Waals surface area contributed by atoms with E-state index in [1.807, 2.05) is 0 Å². The molecule has 0 bridgehead atoms. The van der Waals surface area contributed by atoms with Gasteiger partial charge in [0, 0.05) is 35.9 Å². The van der Waals surface area contributed by atoms with Crippen molar-refractivity contribution in [3.63, 3.8) is 0 Å². The molecule has 2 amide bonds. The van der Waals surface area contributed by atoms with Crippen LogP contribution < -0.4 is 11.1 Å². The Bertz CT molecular complexity index is 1640. The molecular weight excluding hydrogens is 576 g/mol. The number of amides is 2. The molecule has 0 saturated heterocycles. The van der Waals surface area contributed by atoms with Crippen molar-refractivity contribution in [2.24, 2.45) is 11.1 Å². The molecule has 43 heavy (non-hydrogen) atoms. The smallest absolute Gasteiger partial charge is 0.366 e. The Balaban J connectivity index is 1.52. The number of pyridine rings is 1. The molecule has 0 spiro atoms. The summed E-state index contributed by atoms with van der Waals surface area (Å²) in [5.74, 6) is -4.20. The lowest BCUT2D eigenvalue weighted by atomic mass is 9.76. The zero-order valence-electron chi connectivity index (χ0n) is 22.9. The number of hydrogen-bond acceptors (Lipinski definition) is 4. The number of nitrogens with one attached hydrogen (secondary N) is 1. The summed E-state index contributed by atoms with van der Waals surface area (Å²) in [5.41, 5.74) is 3.91. The molecule has 2 heterocycles. The second-order valence-corrected chi connectivity index (χ2v) is 11.2. The van der Waals surface area contributed by atoms with Crippen LogP contribution in [0.3, 0.4) is 0 Å². The minimum atomic E-state index is -4.70. The van der Waals surface area contributed by atoms with E-state index in [0.717, 1.165) is 22.9 Å². The molecule has 1 fully saturated rings. The molecule has 0 aliphatic heterocycles. The number of primary amides is 1. The Kier molecular flexibility index (Phi) is 7.93. The molecular formula is C30H27F6N5O2. The fourth-order valence-corrected chi connectivity index (χ4v) is 5.43. The number of alkyl halides is 3. The SMILES string of the molecule is CC1(C[C@H](NC(=O)Cn2nc(C(F)(F)F)cc2C2CC2)c2ncccc2-c2ccc(F)c(C(N)=O)c2)C=C(F)C=C(F)C1.